The molecule has 9 nitrogen and oxygen atoms in total. The number of urea groups is 1. The summed E-state index contributed by atoms with van der Waals surface area (Å²) in [6, 6.07) is 4.64. The second kappa shape index (κ2) is 11.4. The summed E-state index contributed by atoms with van der Waals surface area (Å²) in [5.74, 6) is -1.18. The van der Waals surface area contributed by atoms with E-state index in [1.54, 1.807) is 30.0 Å². The molecule has 0 unspecified atom stereocenters. The Labute approximate surface area is 199 Å². The van der Waals surface area contributed by atoms with Gasteiger partial charge in [0.2, 0.25) is 5.91 Å². The topological polar surface area (TPSA) is 91.4 Å². The second-order valence-corrected chi connectivity index (χ2v) is 8.33. The monoisotopic (exact) mass is 476 g/mol. The highest BCUT2D eigenvalue weighted by Gasteiger charge is 2.40. The Morgan fingerprint density at radius 3 is 2.56 bits per heavy atom. The molecular weight excluding hydrogens is 443 g/mol. The molecular formula is C24H33FN4O5. The van der Waals surface area contributed by atoms with Crippen molar-refractivity contribution in [1.82, 2.24) is 20.0 Å². The quantitative estimate of drug-likeness (QED) is 0.577. The summed E-state index contributed by atoms with van der Waals surface area (Å²) in [6.07, 6.45) is 0. The molecule has 1 fully saturated rings. The van der Waals surface area contributed by atoms with Crippen molar-refractivity contribution >= 4 is 17.9 Å². The van der Waals surface area contributed by atoms with E-state index in [4.69, 9.17) is 9.47 Å². The number of hydrogen-bond donors (Lipinski definition) is 1. The van der Waals surface area contributed by atoms with E-state index in [0.717, 1.165) is 0 Å². The second-order valence-electron chi connectivity index (χ2n) is 8.33. The molecule has 186 valence electrons. The average Bonchev–Trinajstić information content (AvgIpc) is 2.79. The first-order chi connectivity index (χ1) is 16.3. The Balaban J connectivity index is 1.98. The predicted octanol–water partition coefficient (Wildman–Crippen LogP) is 1.91. The third kappa shape index (κ3) is 5.39. The third-order valence-electron chi connectivity index (χ3n) is 6.14. The number of carbonyl (C=O) groups excluding carboxylic acids is 3. The van der Waals surface area contributed by atoms with Gasteiger partial charge in [0.15, 0.2) is 0 Å². The van der Waals surface area contributed by atoms with E-state index in [1.807, 2.05) is 13.8 Å². The lowest BCUT2D eigenvalue weighted by Crippen LogP contribution is -2.57. The van der Waals surface area contributed by atoms with Gasteiger partial charge >= 0.3 is 12.0 Å². The average molecular weight is 477 g/mol. The van der Waals surface area contributed by atoms with Crippen LogP contribution in [0, 0.1) is 5.82 Å². The third-order valence-corrected chi connectivity index (χ3v) is 6.14. The molecule has 3 amide bonds. The summed E-state index contributed by atoms with van der Waals surface area (Å²) in [6.45, 7) is 7.87. The van der Waals surface area contributed by atoms with E-state index in [1.165, 1.54) is 18.1 Å². The number of carbonyl (C=O) groups is 3. The van der Waals surface area contributed by atoms with E-state index in [-0.39, 0.29) is 42.8 Å². The molecule has 0 radical (unpaired) electrons. The number of piperazine rings is 1. The molecule has 0 saturated carbocycles. The molecule has 2 heterocycles. The first-order valence-corrected chi connectivity index (χ1v) is 11.6. The molecule has 0 bridgehead atoms. The van der Waals surface area contributed by atoms with Gasteiger partial charge in [-0.3, -0.25) is 14.6 Å². The number of amides is 3. The lowest BCUT2D eigenvalue weighted by molar-refractivity contribution is -0.139. The van der Waals surface area contributed by atoms with Crippen LogP contribution in [0.4, 0.5) is 9.18 Å². The summed E-state index contributed by atoms with van der Waals surface area (Å²) in [4.78, 5) is 43.8. The van der Waals surface area contributed by atoms with Crippen LogP contribution in [0.1, 0.15) is 32.4 Å². The minimum atomic E-state index is -0.965. The number of benzene rings is 1. The predicted molar refractivity (Wildman–Crippen MR) is 123 cm³/mol. The van der Waals surface area contributed by atoms with Gasteiger partial charge in [-0.05, 0) is 26.8 Å². The van der Waals surface area contributed by atoms with Crippen molar-refractivity contribution in [1.29, 1.82) is 0 Å². The minimum absolute atomic E-state index is 0.0244. The van der Waals surface area contributed by atoms with Crippen LogP contribution in [0.15, 0.2) is 35.5 Å². The Kier molecular flexibility index (Phi) is 8.62. The van der Waals surface area contributed by atoms with Gasteiger partial charge < -0.3 is 19.7 Å². The van der Waals surface area contributed by atoms with Gasteiger partial charge in [-0.15, -0.1) is 0 Å². The molecule has 0 aromatic heterocycles. The van der Waals surface area contributed by atoms with Crippen LogP contribution < -0.4 is 5.32 Å². The molecule has 0 aliphatic carbocycles. The van der Waals surface area contributed by atoms with Crippen LogP contribution in [0.3, 0.4) is 0 Å². The van der Waals surface area contributed by atoms with Gasteiger partial charge in [0.05, 0.1) is 18.2 Å². The number of likely N-dealkylation sites (N-methyl/N-ethyl adjacent to an activating group) is 1. The maximum atomic E-state index is 14.7. The molecule has 2 aliphatic rings. The molecule has 1 saturated heterocycles. The van der Waals surface area contributed by atoms with Gasteiger partial charge in [0.1, 0.15) is 12.4 Å². The van der Waals surface area contributed by atoms with Crippen molar-refractivity contribution in [2.45, 2.75) is 32.9 Å². The van der Waals surface area contributed by atoms with Crippen molar-refractivity contribution in [2.75, 3.05) is 53.0 Å². The number of rotatable bonds is 8. The van der Waals surface area contributed by atoms with E-state index in [2.05, 4.69) is 10.2 Å². The summed E-state index contributed by atoms with van der Waals surface area (Å²) < 4.78 is 25.0. The van der Waals surface area contributed by atoms with Gasteiger partial charge in [-0.25, -0.2) is 14.0 Å². The number of nitrogens with zero attached hydrogens (tertiary/aromatic N) is 3. The van der Waals surface area contributed by atoms with E-state index >= 15 is 0 Å². The standard InChI is InChI=1S/C24H33FN4O5/c1-5-28-19(14-27-11-12-29(16(3)13-27)20(30)15-33-4)21(23(31)34-6-2)22(26-24(28)32)17-9-7-8-10-18(17)25/h7-10,16,22H,5-6,11-15H2,1-4H3,(H,26,32)/t16-,22-/m0/s1. The zero-order valence-corrected chi connectivity index (χ0v) is 20.2. The zero-order valence-electron chi connectivity index (χ0n) is 20.2. The molecule has 1 aromatic carbocycles. The van der Waals surface area contributed by atoms with Crippen LogP contribution in [0.2, 0.25) is 0 Å². The van der Waals surface area contributed by atoms with Crippen LogP contribution in [0.25, 0.3) is 0 Å². The first-order valence-electron chi connectivity index (χ1n) is 11.6. The van der Waals surface area contributed by atoms with E-state index < -0.39 is 23.9 Å². The molecule has 10 heteroatoms. The highest BCUT2D eigenvalue weighted by Crippen LogP contribution is 2.33. The molecule has 2 atom stereocenters. The summed E-state index contributed by atoms with van der Waals surface area (Å²) in [5, 5.41) is 2.78. The number of hydrogen-bond acceptors (Lipinski definition) is 6. The van der Waals surface area contributed by atoms with Gasteiger partial charge in [-0.2, -0.15) is 0 Å². The van der Waals surface area contributed by atoms with Crippen LogP contribution in [0.5, 0.6) is 0 Å². The van der Waals surface area contributed by atoms with Gasteiger partial charge in [0.25, 0.3) is 0 Å². The fourth-order valence-corrected chi connectivity index (χ4v) is 4.57. The largest absolute Gasteiger partial charge is 0.463 e. The normalized spacial score (nSPS) is 21.5. The number of esters is 1. The lowest BCUT2D eigenvalue weighted by atomic mass is 9.93. The molecule has 0 spiro atoms. The number of halogens is 1. The van der Waals surface area contributed by atoms with Gasteiger partial charge in [-0.1, -0.05) is 18.2 Å². The lowest BCUT2D eigenvalue weighted by Gasteiger charge is -2.42. The van der Waals surface area contributed by atoms with Crippen molar-refractivity contribution in [2.24, 2.45) is 0 Å². The fourth-order valence-electron chi connectivity index (χ4n) is 4.57. The van der Waals surface area contributed by atoms with Gasteiger partial charge in [0, 0.05) is 57.1 Å². The SMILES string of the molecule is CCOC(=O)C1=C(CN2CCN(C(=O)COC)[C@@H](C)C2)N(CC)C(=O)N[C@H]1c1ccccc1F. The molecule has 3 rings (SSSR count). The Bertz CT molecular complexity index is 953. The molecule has 1 aromatic rings. The van der Waals surface area contributed by atoms with Crippen LogP contribution >= 0.6 is 0 Å². The van der Waals surface area contributed by atoms with Crippen LogP contribution in [-0.2, 0) is 19.1 Å². The molecule has 2 aliphatic heterocycles. The highest BCUT2D eigenvalue weighted by atomic mass is 19.1. The minimum Gasteiger partial charge on any atom is -0.463 e. The maximum absolute atomic E-state index is 14.7. The fraction of sp³-hybridized carbons (Fsp3) is 0.542. The number of ether oxygens (including phenoxy) is 2. The summed E-state index contributed by atoms with van der Waals surface area (Å²) in [7, 11) is 1.49. The van der Waals surface area contributed by atoms with Crippen molar-refractivity contribution in [3.63, 3.8) is 0 Å². The Morgan fingerprint density at radius 1 is 1.21 bits per heavy atom. The van der Waals surface area contributed by atoms with Crippen LogP contribution in [-0.4, -0.2) is 91.7 Å². The van der Waals surface area contributed by atoms with Crippen molar-refractivity contribution in [3.05, 3.63) is 46.9 Å². The molecule has 34 heavy (non-hydrogen) atoms. The number of methoxy groups -OCH3 is 1. The van der Waals surface area contributed by atoms with E-state index in [0.29, 0.717) is 31.9 Å². The van der Waals surface area contributed by atoms with Crippen molar-refractivity contribution < 1.29 is 28.2 Å². The zero-order chi connectivity index (χ0) is 24.8. The maximum Gasteiger partial charge on any atom is 0.338 e. The number of nitrogens with one attached hydrogen (secondary N) is 1. The summed E-state index contributed by atoms with van der Waals surface area (Å²) in [5.41, 5.74) is 0.913. The first kappa shape index (κ1) is 25.6. The molecule has 1 N–H and O–H groups in total. The van der Waals surface area contributed by atoms with E-state index in [9.17, 15) is 18.8 Å². The van der Waals surface area contributed by atoms with Crippen molar-refractivity contribution in [3.8, 4) is 0 Å². The smallest absolute Gasteiger partial charge is 0.338 e. The summed E-state index contributed by atoms with van der Waals surface area (Å²) >= 11 is 0. The highest BCUT2D eigenvalue weighted by molar-refractivity contribution is 5.95. The Hall–Kier alpha value is -2.98. The Morgan fingerprint density at radius 2 is 1.94 bits per heavy atom.